The van der Waals surface area contributed by atoms with E-state index in [4.69, 9.17) is 4.98 Å². The van der Waals surface area contributed by atoms with Gasteiger partial charge in [0, 0.05) is 11.3 Å². The third-order valence-corrected chi connectivity index (χ3v) is 3.41. The van der Waals surface area contributed by atoms with E-state index in [-0.39, 0.29) is 0 Å². The third-order valence-electron chi connectivity index (χ3n) is 3.41. The van der Waals surface area contributed by atoms with Gasteiger partial charge in [-0.2, -0.15) is 0 Å². The van der Waals surface area contributed by atoms with Gasteiger partial charge < -0.3 is 10.3 Å². The number of hydrogen-bond donors (Lipinski definition) is 2. The predicted octanol–water partition coefficient (Wildman–Crippen LogP) is 3.69. The first-order chi connectivity index (χ1) is 9.60. The molecular formula is C17H25N3. The number of hydrogen-bond acceptors (Lipinski definition) is 2. The Bertz CT molecular complexity index is 538. The van der Waals surface area contributed by atoms with Crippen LogP contribution >= 0.6 is 0 Å². The maximum Gasteiger partial charge on any atom is 0.121 e. The Morgan fingerprint density at radius 3 is 2.50 bits per heavy atom. The van der Waals surface area contributed by atoms with Crippen molar-refractivity contribution in [1.82, 2.24) is 15.3 Å². The van der Waals surface area contributed by atoms with Gasteiger partial charge in [0.15, 0.2) is 0 Å². The van der Waals surface area contributed by atoms with Crippen molar-refractivity contribution in [3.05, 3.63) is 41.3 Å². The molecule has 0 unspecified atom stereocenters. The van der Waals surface area contributed by atoms with Gasteiger partial charge in [0.2, 0.25) is 0 Å². The van der Waals surface area contributed by atoms with E-state index in [1.54, 1.807) is 0 Å². The number of imidazole rings is 1. The van der Waals surface area contributed by atoms with E-state index in [1.165, 1.54) is 11.1 Å². The maximum atomic E-state index is 4.71. The van der Waals surface area contributed by atoms with E-state index in [0.29, 0.717) is 5.92 Å². The van der Waals surface area contributed by atoms with E-state index in [1.807, 2.05) is 0 Å². The summed E-state index contributed by atoms with van der Waals surface area (Å²) in [4.78, 5) is 8.09. The zero-order valence-corrected chi connectivity index (χ0v) is 13.0. The topological polar surface area (TPSA) is 40.7 Å². The number of rotatable bonds is 6. The van der Waals surface area contributed by atoms with Crippen molar-refractivity contribution in [3.63, 3.8) is 0 Å². The lowest BCUT2D eigenvalue weighted by Gasteiger charge is -2.04. The molecule has 0 spiro atoms. The van der Waals surface area contributed by atoms with E-state index in [0.717, 1.165) is 36.7 Å². The average molecular weight is 271 g/mol. The summed E-state index contributed by atoms with van der Waals surface area (Å²) in [6.07, 6.45) is 1.07. The lowest BCUT2D eigenvalue weighted by Crippen LogP contribution is -2.19. The highest BCUT2D eigenvalue weighted by atomic mass is 15.0. The third kappa shape index (κ3) is 3.70. The number of benzene rings is 1. The molecular weight excluding hydrogens is 246 g/mol. The molecule has 3 heteroatoms. The van der Waals surface area contributed by atoms with Crippen LogP contribution in [0.4, 0.5) is 0 Å². The van der Waals surface area contributed by atoms with Gasteiger partial charge in [0.1, 0.15) is 5.82 Å². The smallest absolute Gasteiger partial charge is 0.121 e. The van der Waals surface area contributed by atoms with Crippen LogP contribution in [0.5, 0.6) is 0 Å². The van der Waals surface area contributed by atoms with Crippen LogP contribution in [-0.2, 0) is 13.0 Å². The lowest BCUT2D eigenvalue weighted by atomic mass is 10.1. The number of nitrogens with zero attached hydrogens (tertiary/aromatic N) is 1. The SMILES string of the molecule is CCc1ccc(-c2nc(CNCC(C)C)[nH]c2C)cc1. The second-order valence-electron chi connectivity index (χ2n) is 5.73. The molecule has 0 radical (unpaired) electrons. The van der Waals surface area contributed by atoms with Crippen molar-refractivity contribution in [2.24, 2.45) is 5.92 Å². The zero-order valence-electron chi connectivity index (χ0n) is 13.0. The number of aromatic amines is 1. The Labute approximate surface area is 121 Å². The van der Waals surface area contributed by atoms with Crippen LogP contribution in [0.25, 0.3) is 11.3 Å². The molecule has 2 rings (SSSR count). The van der Waals surface area contributed by atoms with Gasteiger partial charge in [0.05, 0.1) is 12.2 Å². The van der Waals surface area contributed by atoms with Crippen LogP contribution in [-0.4, -0.2) is 16.5 Å². The van der Waals surface area contributed by atoms with Gasteiger partial charge in [0.25, 0.3) is 0 Å². The second-order valence-corrected chi connectivity index (χ2v) is 5.73. The largest absolute Gasteiger partial charge is 0.344 e. The van der Waals surface area contributed by atoms with Crippen molar-refractivity contribution in [1.29, 1.82) is 0 Å². The van der Waals surface area contributed by atoms with E-state index < -0.39 is 0 Å². The molecule has 0 aliphatic carbocycles. The van der Waals surface area contributed by atoms with Gasteiger partial charge in [-0.05, 0) is 31.4 Å². The molecule has 20 heavy (non-hydrogen) atoms. The maximum absolute atomic E-state index is 4.71. The van der Waals surface area contributed by atoms with Crippen LogP contribution < -0.4 is 5.32 Å². The first kappa shape index (κ1) is 14.8. The highest BCUT2D eigenvalue weighted by Gasteiger charge is 2.08. The van der Waals surface area contributed by atoms with Crippen molar-refractivity contribution in [3.8, 4) is 11.3 Å². The predicted molar refractivity (Wildman–Crippen MR) is 84.7 cm³/mol. The van der Waals surface area contributed by atoms with Gasteiger partial charge in [-0.1, -0.05) is 45.0 Å². The fourth-order valence-corrected chi connectivity index (χ4v) is 2.26. The van der Waals surface area contributed by atoms with Crippen LogP contribution in [0, 0.1) is 12.8 Å². The molecule has 1 heterocycles. The van der Waals surface area contributed by atoms with Gasteiger partial charge in [-0.15, -0.1) is 0 Å². The summed E-state index contributed by atoms with van der Waals surface area (Å²) >= 11 is 0. The molecule has 0 amide bonds. The van der Waals surface area contributed by atoms with Crippen LogP contribution in [0.2, 0.25) is 0 Å². The Hall–Kier alpha value is -1.61. The minimum absolute atomic E-state index is 0.659. The number of nitrogens with one attached hydrogen (secondary N) is 2. The van der Waals surface area contributed by atoms with Gasteiger partial charge >= 0.3 is 0 Å². The minimum atomic E-state index is 0.659. The van der Waals surface area contributed by atoms with Crippen LogP contribution in [0.1, 0.15) is 37.9 Å². The van der Waals surface area contributed by atoms with E-state index >= 15 is 0 Å². The molecule has 1 aromatic heterocycles. The molecule has 2 aromatic rings. The fraction of sp³-hybridized carbons (Fsp3) is 0.471. The summed E-state index contributed by atoms with van der Waals surface area (Å²) in [5.74, 6) is 1.67. The normalized spacial score (nSPS) is 11.2. The minimum Gasteiger partial charge on any atom is -0.344 e. The highest BCUT2D eigenvalue weighted by molar-refractivity contribution is 5.62. The second kappa shape index (κ2) is 6.71. The molecule has 1 aromatic carbocycles. The number of aryl methyl sites for hydroxylation is 2. The molecule has 0 saturated carbocycles. The molecule has 0 bridgehead atoms. The molecule has 0 aliphatic rings. The first-order valence-corrected chi connectivity index (χ1v) is 7.45. The standard InChI is InChI=1S/C17H25N3/c1-5-14-6-8-15(9-7-14)17-13(4)19-16(20-17)11-18-10-12(2)3/h6-9,12,18H,5,10-11H2,1-4H3,(H,19,20). The monoisotopic (exact) mass is 271 g/mol. The van der Waals surface area contributed by atoms with Crippen molar-refractivity contribution in [2.45, 2.75) is 40.7 Å². The summed E-state index contributed by atoms with van der Waals surface area (Å²) < 4.78 is 0. The van der Waals surface area contributed by atoms with E-state index in [9.17, 15) is 0 Å². The molecule has 0 saturated heterocycles. The van der Waals surface area contributed by atoms with E-state index in [2.05, 4.69) is 62.3 Å². The molecule has 0 fully saturated rings. The summed E-state index contributed by atoms with van der Waals surface area (Å²) in [5.41, 5.74) is 4.75. The summed E-state index contributed by atoms with van der Waals surface area (Å²) in [5, 5.41) is 3.42. The van der Waals surface area contributed by atoms with Crippen molar-refractivity contribution < 1.29 is 0 Å². The summed E-state index contributed by atoms with van der Waals surface area (Å²) in [7, 11) is 0. The van der Waals surface area contributed by atoms with Crippen LogP contribution in [0.3, 0.4) is 0 Å². The molecule has 108 valence electrons. The quantitative estimate of drug-likeness (QED) is 0.841. The lowest BCUT2D eigenvalue weighted by molar-refractivity contribution is 0.544. The van der Waals surface area contributed by atoms with Gasteiger partial charge in [-0.3, -0.25) is 0 Å². The summed E-state index contributed by atoms with van der Waals surface area (Å²) in [6, 6.07) is 8.68. The molecule has 0 aliphatic heterocycles. The fourth-order valence-electron chi connectivity index (χ4n) is 2.26. The molecule has 3 nitrogen and oxygen atoms in total. The Morgan fingerprint density at radius 2 is 1.90 bits per heavy atom. The van der Waals surface area contributed by atoms with Crippen LogP contribution in [0.15, 0.2) is 24.3 Å². The number of aromatic nitrogens is 2. The molecule has 2 N–H and O–H groups in total. The number of H-pyrrole nitrogens is 1. The Morgan fingerprint density at radius 1 is 1.20 bits per heavy atom. The zero-order chi connectivity index (χ0) is 14.5. The molecule has 0 atom stereocenters. The van der Waals surface area contributed by atoms with Crippen molar-refractivity contribution >= 4 is 0 Å². The first-order valence-electron chi connectivity index (χ1n) is 7.45. The summed E-state index contributed by atoms with van der Waals surface area (Å²) in [6.45, 7) is 10.5. The van der Waals surface area contributed by atoms with Crippen molar-refractivity contribution in [2.75, 3.05) is 6.54 Å². The van der Waals surface area contributed by atoms with Gasteiger partial charge in [-0.25, -0.2) is 4.98 Å². The average Bonchev–Trinajstić information content (AvgIpc) is 2.79. The Balaban J connectivity index is 2.09. The Kier molecular flexibility index (Phi) is 4.96. The highest BCUT2D eigenvalue weighted by Crippen LogP contribution is 2.21.